The number of ether oxygens (including phenoxy) is 1. The molecule has 0 aromatic heterocycles. The van der Waals surface area contributed by atoms with E-state index in [1.54, 1.807) is 18.2 Å². The molecule has 0 atom stereocenters. The molecule has 0 saturated carbocycles. The van der Waals surface area contributed by atoms with Crippen LogP contribution >= 0.6 is 11.6 Å². The van der Waals surface area contributed by atoms with Gasteiger partial charge in [0.05, 0.1) is 28.9 Å². The van der Waals surface area contributed by atoms with E-state index in [-0.39, 0.29) is 0 Å². The Morgan fingerprint density at radius 2 is 1.95 bits per heavy atom. The molecule has 0 aliphatic heterocycles. The zero-order valence-electron chi connectivity index (χ0n) is 11.2. The highest BCUT2D eigenvalue weighted by Gasteiger charge is 2.02. The molecule has 0 radical (unpaired) electrons. The highest BCUT2D eigenvalue weighted by Crippen LogP contribution is 2.23. The van der Waals surface area contributed by atoms with Crippen LogP contribution in [0, 0.1) is 11.3 Å². The summed E-state index contributed by atoms with van der Waals surface area (Å²) >= 11 is 6.09. The first-order valence-corrected chi connectivity index (χ1v) is 6.76. The molecule has 0 amide bonds. The van der Waals surface area contributed by atoms with Crippen molar-refractivity contribution in [3.63, 3.8) is 0 Å². The second-order valence-corrected chi connectivity index (χ2v) is 4.64. The van der Waals surface area contributed by atoms with Crippen molar-refractivity contribution in [3.8, 4) is 11.8 Å². The predicted molar refractivity (Wildman–Crippen MR) is 81.1 cm³/mol. The van der Waals surface area contributed by atoms with Crippen LogP contribution in [0.25, 0.3) is 0 Å². The largest absolute Gasteiger partial charge is 0.494 e. The first-order valence-electron chi connectivity index (χ1n) is 6.38. The predicted octanol–water partition coefficient (Wildman–Crippen LogP) is 4.22. The summed E-state index contributed by atoms with van der Waals surface area (Å²) in [6.07, 6.45) is 0. The van der Waals surface area contributed by atoms with Crippen molar-refractivity contribution in [3.05, 3.63) is 58.6 Å². The van der Waals surface area contributed by atoms with Crippen LogP contribution in [0.1, 0.15) is 18.1 Å². The van der Waals surface area contributed by atoms with Crippen molar-refractivity contribution in [1.82, 2.24) is 0 Å². The molecule has 0 heterocycles. The van der Waals surface area contributed by atoms with Gasteiger partial charge in [-0.2, -0.15) is 5.26 Å². The molecule has 0 bridgehead atoms. The number of anilines is 1. The number of halogens is 1. The van der Waals surface area contributed by atoms with Crippen molar-refractivity contribution in [2.75, 3.05) is 11.9 Å². The lowest BCUT2D eigenvalue weighted by atomic mass is 10.2. The minimum atomic E-state index is 0.587. The Morgan fingerprint density at radius 3 is 2.60 bits per heavy atom. The zero-order valence-corrected chi connectivity index (χ0v) is 11.9. The Kier molecular flexibility index (Phi) is 4.86. The van der Waals surface area contributed by atoms with E-state index in [9.17, 15) is 0 Å². The number of benzene rings is 2. The van der Waals surface area contributed by atoms with Crippen LogP contribution in [0.5, 0.6) is 5.75 Å². The Bertz CT molecular complexity index is 617. The zero-order chi connectivity index (χ0) is 14.4. The molecule has 0 unspecified atom stereocenters. The third kappa shape index (κ3) is 3.66. The number of nitriles is 1. The van der Waals surface area contributed by atoms with Crippen LogP contribution < -0.4 is 10.1 Å². The maximum atomic E-state index is 8.88. The molecule has 0 spiro atoms. The number of rotatable bonds is 5. The van der Waals surface area contributed by atoms with E-state index in [2.05, 4.69) is 11.4 Å². The lowest BCUT2D eigenvalue weighted by molar-refractivity contribution is 0.340. The first kappa shape index (κ1) is 14.2. The van der Waals surface area contributed by atoms with E-state index in [1.807, 2.05) is 31.2 Å². The molecule has 0 aliphatic carbocycles. The average molecular weight is 287 g/mol. The molecule has 4 heteroatoms. The highest BCUT2D eigenvalue weighted by molar-refractivity contribution is 6.33. The molecule has 0 aliphatic rings. The summed E-state index contributed by atoms with van der Waals surface area (Å²) in [4.78, 5) is 0. The average Bonchev–Trinajstić information content (AvgIpc) is 2.48. The van der Waals surface area contributed by atoms with E-state index in [0.717, 1.165) is 17.0 Å². The van der Waals surface area contributed by atoms with Gasteiger partial charge in [-0.1, -0.05) is 23.7 Å². The Hall–Kier alpha value is -2.18. The smallest absolute Gasteiger partial charge is 0.119 e. The fraction of sp³-hybridized carbons (Fsp3) is 0.188. The Labute approximate surface area is 123 Å². The van der Waals surface area contributed by atoms with Gasteiger partial charge >= 0.3 is 0 Å². The molecule has 20 heavy (non-hydrogen) atoms. The maximum Gasteiger partial charge on any atom is 0.119 e. The molecule has 2 aromatic rings. The molecule has 102 valence electrons. The molecule has 0 fully saturated rings. The SMILES string of the molecule is CCOc1ccc(CNc2cc(C#N)ccc2Cl)cc1. The van der Waals surface area contributed by atoms with Gasteiger partial charge in [-0.3, -0.25) is 0 Å². The quantitative estimate of drug-likeness (QED) is 0.895. The fourth-order valence-electron chi connectivity index (χ4n) is 1.80. The monoisotopic (exact) mass is 286 g/mol. The van der Waals surface area contributed by atoms with Gasteiger partial charge in [0.25, 0.3) is 0 Å². The summed E-state index contributed by atoms with van der Waals surface area (Å²) in [6.45, 7) is 3.26. The summed E-state index contributed by atoms with van der Waals surface area (Å²) in [5.74, 6) is 0.862. The Balaban J connectivity index is 2.03. The molecular weight excluding hydrogens is 272 g/mol. The van der Waals surface area contributed by atoms with Crippen molar-refractivity contribution in [2.45, 2.75) is 13.5 Å². The minimum absolute atomic E-state index is 0.587. The topological polar surface area (TPSA) is 45.0 Å². The van der Waals surface area contributed by atoms with Crippen LogP contribution in [0.2, 0.25) is 5.02 Å². The van der Waals surface area contributed by atoms with Crippen molar-refractivity contribution in [2.24, 2.45) is 0 Å². The number of hydrogen-bond acceptors (Lipinski definition) is 3. The summed E-state index contributed by atoms with van der Waals surface area (Å²) in [6, 6.07) is 15.1. The van der Waals surface area contributed by atoms with E-state index < -0.39 is 0 Å². The van der Waals surface area contributed by atoms with Crippen LogP contribution in [-0.4, -0.2) is 6.61 Å². The summed E-state index contributed by atoms with van der Waals surface area (Å²) in [5.41, 5.74) is 2.47. The second kappa shape index (κ2) is 6.83. The molecule has 1 N–H and O–H groups in total. The number of hydrogen-bond donors (Lipinski definition) is 1. The van der Waals surface area contributed by atoms with Gasteiger partial charge in [0.1, 0.15) is 5.75 Å². The molecule has 3 nitrogen and oxygen atoms in total. The summed E-state index contributed by atoms with van der Waals surface area (Å²) in [5, 5.41) is 12.7. The van der Waals surface area contributed by atoms with Gasteiger partial charge < -0.3 is 10.1 Å². The van der Waals surface area contributed by atoms with Gasteiger partial charge in [-0.15, -0.1) is 0 Å². The minimum Gasteiger partial charge on any atom is -0.494 e. The summed E-state index contributed by atoms with van der Waals surface area (Å²) < 4.78 is 5.40. The van der Waals surface area contributed by atoms with Crippen LogP contribution in [0.3, 0.4) is 0 Å². The highest BCUT2D eigenvalue weighted by atomic mass is 35.5. The summed E-state index contributed by atoms with van der Waals surface area (Å²) in [7, 11) is 0. The third-order valence-corrected chi connectivity index (χ3v) is 3.14. The molecule has 2 aromatic carbocycles. The standard InChI is InChI=1S/C16H15ClN2O/c1-2-20-14-6-3-12(4-7-14)11-19-16-9-13(10-18)5-8-15(16)17/h3-9,19H,2,11H2,1H3. The van der Waals surface area contributed by atoms with E-state index in [1.165, 1.54) is 0 Å². The lowest BCUT2D eigenvalue weighted by Gasteiger charge is -2.09. The molecule has 2 rings (SSSR count). The number of nitrogens with one attached hydrogen (secondary N) is 1. The van der Waals surface area contributed by atoms with Gasteiger partial charge in [-0.25, -0.2) is 0 Å². The van der Waals surface area contributed by atoms with Gasteiger partial charge in [-0.05, 0) is 42.8 Å². The number of nitrogens with zero attached hydrogens (tertiary/aromatic N) is 1. The third-order valence-electron chi connectivity index (χ3n) is 2.81. The molecule has 0 saturated heterocycles. The van der Waals surface area contributed by atoms with Gasteiger partial charge in [0.2, 0.25) is 0 Å². The maximum absolute atomic E-state index is 8.88. The van der Waals surface area contributed by atoms with Crippen LogP contribution in [0.4, 0.5) is 5.69 Å². The van der Waals surface area contributed by atoms with E-state index in [0.29, 0.717) is 23.7 Å². The normalized spacial score (nSPS) is 9.85. The van der Waals surface area contributed by atoms with E-state index >= 15 is 0 Å². The van der Waals surface area contributed by atoms with E-state index in [4.69, 9.17) is 21.6 Å². The van der Waals surface area contributed by atoms with Crippen LogP contribution in [-0.2, 0) is 6.54 Å². The Morgan fingerprint density at radius 1 is 1.20 bits per heavy atom. The molecular formula is C16H15ClN2O. The van der Waals surface area contributed by atoms with Crippen LogP contribution in [0.15, 0.2) is 42.5 Å². The van der Waals surface area contributed by atoms with Crippen molar-refractivity contribution < 1.29 is 4.74 Å². The van der Waals surface area contributed by atoms with Crippen molar-refractivity contribution >= 4 is 17.3 Å². The lowest BCUT2D eigenvalue weighted by Crippen LogP contribution is -2.00. The van der Waals surface area contributed by atoms with Gasteiger partial charge in [0, 0.05) is 6.54 Å². The fourth-order valence-corrected chi connectivity index (χ4v) is 1.98. The van der Waals surface area contributed by atoms with Gasteiger partial charge in [0.15, 0.2) is 0 Å². The second-order valence-electron chi connectivity index (χ2n) is 4.24. The van der Waals surface area contributed by atoms with Crippen molar-refractivity contribution in [1.29, 1.82) is 5.26 Å². The first-order chi connectivity index (χ1) is 9.72.